The quantitative estimate of drug-likeness (QED) is 0.790. The molecule has 7 heteroatoms. The number of aromatic nitrogens is 2. The first kappa shape index (κ1) is 17.7. The number of rotatable bonds is 6. The zero-order valence-electron chi connectivity index (χ0n) is 14.3. The third kappa shape index (κ3) is 4.28. The summed E-state index contributed by atoms with van der Waals surface area (Å²) in [6.07, 6.45) is 2.17. The predicted octanol–water partition coefficient (Wildman–Crippen LogP) is 3.87. The number of nitrogens with zero attached hydrogens (tertiary/aromatic N) is 3. The molecule has 25 heavy (non-hydrogen) atoms. The zero-order chi connectivity index (χ0) is 17.8. The van der Waals surface area contributed by atoms with Crippen LogP contribution in [-0.2, 0) is 11.2 Å². The molecule has 0 spiro atoms. The predicted molar refractivity (Wildman–Crippen MR) is 101 cm³/mol. The highest BCUT2D eigenvalue weighted by Crippen LogP contribution is 2.25. The molecular weight excluding hydrogens is 384 g/mol. The molecule has 132 valence electrons. The molecule has 0 radical (unpaired) electrons. The lowest BCUT2D eigenvalue weighted by molar-refractivity contribution is 0.177. The van der Waals surface area contributed by atoms with Gasteiger partial charge < -0.3 is 10.1 Å². The van der Waals surface area contributed by atoms with E-state index < -0.39 is 0 Å². The Morgan fingerprint density at radius 3 is 2.80 bits per heavy atom. The number of benzene rings is 1. The molecule has 1 N–H and O–H groups in total. The van der Waals surface area contributed by atoms with Crippen molar-refractivity contribution in [3.63, 3.8) is 0 Å². The Balaban J connectivity index is 1.65. The van der Waals surface area contributed by atoms with E-state index in [4.69, 9.17) is 4.74 Å². The summed E-state index contributed by atoms with van der Waals surface area (Å²) in [7, 11) is 0. The molecule has 2 aromatic rings. The van der Waals surface area contributed by atoms with Gasteiger partial charge in [0.2, 0.25) is 5.95 Å². The van der Waals surface area contributed by atoms with Gasteiger partial charge in [-0.25, -0.2) is 9.78 Å². The summed E-state index contributed by atoms with van der Waals surface area (Å²) in [5, 5.41) is 3.22. The van der Waals surface area contributed by atoms with E-state index in [0.29, 0.717) is 24.9 Å². The first-order valence-corrected chi connectivity index (χ1v) is 9.11. The van der Waals surface area contributed by atoms with Gasteiger partial charge in [0, 0.05) is 17.2 Å². The van der Waals surface area contributed by atoms with Gasteiger partial charge in [0.15, 0.2) is 0 Å². The Hall–Kier alpha value is -2.15. The van der Waals surface area contributed by atoms with Crippen LogP contribution in [-0.4, -0.2) is 35.3 Å². The number of cyclic esters (lactones) is 1. The van der Waals surface area contributed by atoms with E-state index in [-0.39, 0.29) is 18.1 Å². The summed E-state index contributed by atoms with van der Waals surface area (Å²) in [5.74, 6) is 1.37. The number of amides is 1. The monoisotopic (exact) mass is 404 g/mol. The minimum absolute atomic E-state index is 0.00184. The molecule has 2 heterocycles. The highest BCUT2D eigenvalue weighted by atomic mass is 79.9. The molecule has 1 saturated heterocycles. The van der Waals surface area contributed by atoms with Crippen molar-refractivity contribution < 1.29 is 9.53 Å². The molecule has 0 saturated carbocycles. The SMILES string of the molecule is CC(C)[C@H]1COC(=O)N1c1ccnc(NCCc2ccc(Br)cc2)n1. The summed E-state index contributed by atoms with van der Waals surface area (Å²) in [6.45, 7) is 5.24. The lowest BCUT2D eigenvalue weighted by Gasteiger charge is -2.23. The third-order valence-electron chi connectivity index (χ3n) is 4.17. The zero-order valence-corrected chi connectivity index (χ0v) is 15.9. The Morgan fingerprint density at radius 1 is 1.32 bits per heavy atom. The van der Waals surface area contributed by atoms with Gasteiger partial charge >= 0.3 is 6.09 Å². The Bertz CT molecular complexity index is 736. The summed E-state index contributed by atoms with van der Waals surface area (Å²) < 4.78 is 6.25. The maximum atomic E-state index is 12.0. The van der Waals surface area contributed by atoms with Crippen LogP contribution in [0.2, 0.25) is 0 Å². The molecule has 1 atom stereocenters. The average molecular weight is 405 g/mol. The van der Waals surface area contributed by atoms with Crippen LogP contribution in [0.3, 0.4) is 0 Å². The van der Waals surface area contributed by atoms with E-state index in [9.17, 15) is 4.79 Å². The Kier molecular flexibility index (Phi) is 5.53. The summed E-state index contributed by atoms with van der Waals surface area (Å²) in [6, 6.07) is 9.95. The van der Waals surface area contributed by atoms with E-state index in [2.05, 4.69) is 57.2 Å². The van der Waals surface area contributed by atoms with Crippen LogP contribution in [0.1, 0.15) is 19.4 Å². The first-order chi connectivity index (χ1) is 12.0. The van der Waals surface area contributed by atoms with Crippen molar-refractivity contribution in [1.82, 2.24) is 9.97 Å². The molecule has 1 fully saturated rings. The highest BCUT2D eigenvalue weighted by Gasteiger charge is 2.37. The number of hydrogen-bond acceptors (Lipinski definition) is 5. The van der Waals surface area contributed by atoms with Gasteiger partial charge in [0.25, 0.3) is 0 Å². The average Bonchev–Trinajstić information content (AvgIpc) is 2.99. The van der Waals surface area contributed by atoms with Gasteiger partial charge in [0.05, 0.1) is 6.04 Å². The number of halogens is 1. The Labute approximate surface area is 155 Å². The van der Waals surface area contributed by atoms with E-state index in [0.717, 1.165) is 10.9 Å². The lowest BCUT2D eigenvalue weighted by atomic mass is 10.0. The second kappa shape index (κ2) is 7.82. The fourth-order valence-electron chi connectivity index (χ4n) is 2.73. The second-order valence-electron chi connectivity index (χ2n) is 6.30. The van der Waals surface area contributed by atoms with Crippen LogP contribution in [0, 0.1) is 5.92 Å². The van der Waals surface area contributed by atoms with Crippen LogP contribution in [0.5, 0.6) is 0 Å². The van der Waals surface area contributed by atoms with Crippen molar-refractivity contribution in [1.29, 1.82) is 0 Å². The minimum atomic E-state index is -0.349. The minimum Gasteiger partial charge on any atom is -0.447 e. The van der Waals surface area contributed by atoms with Crippen molar-refractivity contribution in [2.24, 2.45) is 5.92 Å². The number of ether oxygens (including phenoxy) is 1. The molecule has 0 unspecified atom stereocenters. The second-order valence-corrected chi connectivity index (χ2v) is 7.22. The standard InChI is InChI=1S/C18H21BrN4O2/c1-12(2)15-11-25-18(24)23(15)16-8-10-21-17(22-16)20-9-7-13-3-5-14(19)6-4-13/h3-6,8,10,12,15H,7,9,11H2,1-2H3,(H,20,21,22)/t15-/m1/s1. The van der Waals surface area contributed by atoms with Crippen molar-refractivity contribution in [3.8, 4) is 0 Å². The summed E-state index contributed by atoms with van der Waals surface area (Å²) >= 11 is 3.43. The van der Waals surface area contributed by atoms with Gasteiger partial charge in [-0.05, 0) is 36.1 Å². The molecule has 1 aliphatic rings. The molecule has 0 bridgehead atoms. The van der Waals surface area contributed by atoms with Gasteiger partial charge in [-0.15, -0.1) is 0 Å². The van der Waals surface area contributed by atoms with Crippen molar-refractivity contribution in [2.75, 3.05) is 23.4 Å². The first-order valence-electron chi connectivity index (χ1n) is 8.32. The van der Waals surface area contributed by atoms with Crippen LogP contribution >= 0.6 is 15.9 Å². The van der Waals surface area contributed by atoms with E-state index in [1.54, 1.807) is 17.2 Å². The number of hydrogen-bond donors (Lipinski definition) is 1. The fraction of sp³-hybridized carbons (Fsp3) is 0.389. The molecule has 3 rings (SSSR count). The Morgan fingerprint density at radius 2 is 2.08 bits per heavy atom. The van der Waals surface area contributed by atoms with Gasteiger partial charge in [0.1, 0.15) is 12.4 Å². The largest absolute Gasteiger partial charge is 0.447 e. The summed E-state index contributed by atoms with van der Waals surface area (Å²) in [4.78, 5) is 22.4. The number of carbonyl (C=O) groups excluding carboxylic acids is 1. The molecular formula is C18H21BrN4O2. The van der Waals surface area contributed by atoms with E-state index in [1.165, 1.54) is 5.56 Å². The molecule has 1 aliphatic heterocycles. The van der Waals surface area contributed by atoms with Crippen LogP contribution in [0.25, 0.3) is 0 Å². The van der Waals surface area contributed by atoms with Gasteiger partial charge in [-0.3, -0.25) is 4.90 Å². The molecule has 1 aromatic heterocycles. The van der Waals surface area contributed by atoms with E-state index in [1.807, 2.05) is 12.1 Å². The maximum absolute atomic E-state index is 12.0. The van der Waals surface area contributed by atoms with Crippen molar-refractivity contribution >= 4 is 33.8 Å². The normalized spacial score (nSPS) is 17.0. The van der Waals surface area contributed by atoms with Crippen molar-refractivity contribution in [2.45, 2.75) is 26.3 Å². The van der Waals surface area contributed by atoms with Gasteiger partial charge in [-0.1, -0.05) is 41.9 Å². The summed E-state index contributed by atoms with van der Waals surface area (Å²) in [5.41, 5.74) is 1.23. The topological polar surface area (TPSA) is 67.3 Å². The van der Waals surface area contributed by atoms with Crippen LogP contribution in [0.15, 0.2) is 41.0 Å². The van der Waals surface area contributed by atoms with Crippen LogP contribution < -0.4 is 10.2 Å². The molecule has 0 aliphatic carbocycles. The van der Waals surface area contributed by atoms with Gasteiger partial charge in [-0.2, -0.15) is 4.98 Å². The van der Waals surface area contributed by atoms with E-state index >= 15 is 0 Å². The molecule has 1 aromatic carbocycles. The lowest BCUT2D eigenvalue weighted by Crippen LogP contribution is -2.37. The molecule has 6 nitrogen and oxygen atoms in total. The van der Waals surface area contributed by atoms with Crippen LogP contribution in [0.4, 0.5) is 16.6 Å². The number of anilines is 2. The smallest absolute Gasteiger partial charge is 0.415 e. The van der Waals surface area contributed by atoms with Crippen molar-refractivity contribution in [3.05, 3.63) is 46.6 Å². The molecule has 1 amide bonds. The fourth-order valence-corrected chi connectivity index (χ4v) is 2.99. The highest BCUT2D eigenvalue weighted by molar-refractivity contribution is 9.10. The number of carbonyl (C=O) groups is 1. The maximum Gasteiger partial charge on any atom is 0.415 e. The third-order valence-corrected chi connectivity index (χ3v) is 4.70. The number of nitrogens with one attached hydrogen (secondary N) is 1.